The van der Waals surface area contributed by atoms with Gasteiger partial charge < -0.3 is 4.90 Å². The molecular weight excluding hydrogens is 430 g/mol. The number of nitro groups is 1. The van der Waals surface area contributed by atoms with E-state index in [1.54, 1.807) is 30.3 Å². The molecule has 9 nitrogen and oxygen atoms in total. The van der Waals surface area contributed by atoms with Crippen LogP contribution >= 0.6 is 0 Å². The number of piperazine rings is 1. The Morgan fingerprint density at radius 1 is 0.867 bits per heavy atom. The number of nitrogens with zero attached hydrogens (tertiary/aromatic N) is 3. The summed E-state index contributed by atoms with van der Waals surface area (Å²) in [6.45, 7) is 1.99. The van der Waals surface area contributed by atoms with E-state index in [2.05, 4.69) is 0 Å². The first-order chi connectivity index (χ1) is 14.2. The van der Waals surface area contributed by atoms with E-state index in [1.165, 1.54) is 22.5 Å². The Bertz CT molecular complexity index is 1100. The van der Waals surface area contributed by atoms with Crippen molar-refractivity contribution in [1.82, 2.24) is 9.21 Å². The first kappa shape index (κ1) is 22.3. The summed E-state index contributed by atoms with van der Waals surface area (Å²) < 4.78 is 51.5. The van der Waals surface area contributed by atoms with Gasteiger partial charge in [-0.15, -0.1) is 0 Å². The molecule has 30 heavy (non-hydrogen) atoms. The average Bonchev–Trinajstić information content (AvgIpc) is 2.75. The Labute approximate surface area is 176 Å². The van der Waals surface area contributed by atoms with E-state index in [-0.39, 0.29) is 29.4 Å². The number of non-ortho nitro benzene ring substituents is 1. The quantitative estimate of drug-likeness (QED) is 0.441. The minimum absolute atomic E-state index is 0.0310. The van der Waals surface area contributed by atoms with Crippen molar-refractivity contribution in [2.45, 2.75) is 16.2 Å². The maximum atomic E-state index is 12.8. The molecule has 1 saturated heterocycles. The molecule has 1 aliphatic heterocycles. The molecular formula is C19H23N3O6S2. The van der Waals surface area contributed by atoms with E-state index >= 15 is 0 Å². The first-order valence-corrected chi connectivity index (χ1v) is 12.5. The Hall–Kier alpha value is -2.34. The van der Waals surface area contributed by atoms with Crippen LogP contribution in [-0.2, 0) is 19.9 Å². The highest BCUT2D eigenvalue weighted by atomic mass is 32.2. The van der Waals surface area contributed by atoms with Gasteiger partial charge in [-0.2, -0.15) is 4.31 Å². The van der Waals surface area contributed by atoms with E-state index in [1.807, 2.05) is 4.90 Å². The summed E-state index contributed by atoms with van der Waals surface area (Å²) in [4.78, 5) is 12.5. The second kappa shape index (κ2) is 9.21. The van der Waals surface area contributed by atoms with Gasteiger partial charge >= 0.3 is 0 Å². The third-order valence-electron chi connectivity index (χ3n) is 4.99. The van der Waals surface area contributed by atoms with Gasteiger partial charge in [0.2, 0.25) is 10.0 Å². The molecule has 0 aliphatic carbocycles. The van der Waals surface area contributed by atoms with Crippen LogP contribution in [0.25, 0.3) is 0 Å². The number of rotatable bonds is 8. The molecule has 2 aromatic carbocycles. The number of benzene rings is 2. The zero-order chi connectivity index (χ0) is 21.8. The minimum atomic E-state index is -3.81. The van der Waals surface area contributed by atoms with Gasteiger partial charge in [0.25, 0.3) is 5.69 Å². The number of hydrogen-bond donors (Lipinski definition) is 0. The average molecular weight is 454 g/mol. The lowest BCUT2D eigenvalue weighted by atomic mass is 10.3. The van der Waals surface area contributed by atoms with Crippen LogP contribution in [0.4, 0.5) is 5.69 Å². The van der Waals surface area contributed by atoms with Crippen LogP contribution in [0.1, 0.15) is 6.42 Å². The fraction of sp³-hybridized carbons (Fsp3) is 0.368. The van der Waals surface area contributed by atoms with Crippen LogP contribution in [0.3, 0.4) is 0 Å². The van der Waals surface area contributed by atoms with Gasteiger partial charge in [-0.1, -0.05) is 24.3 Å². The van der Waals surface area contributed by atoms with Crippen molar-refractivity contribution < 1.29 is 21.8 Å². The summed E-state index contributed by atoms with van der Waals surface area (Å²) >= 11 is 0. The molecule has 0 aromatic heterocycles. The summed E-state index contributed by atoms with van der Waals surface area (Å²) in [6.07, 6.45) is 0.453. The van der Waals surface area contributed by atoms with Crippen molar-refractivity contribution in [2.75, 3.05) is 38.5 Å². The van der Waals surface area contributed by atoms with E-state index in [4.69, 9.17) is 0 Å². The molecule has 0 atom stereocenters. The molecule has 0 unspecified atom stereocenters. The first-order valence-electron chi connectivity index (χ1n) is 9.45. The third-order valence-corrected chi connectivity index (χ3v) is 8.70. The van der Waals surface area contributed by atoms with Gasteiger partial charge in [-0.25, -0.2) is 16.8 Å². The number of hydrogen-bond acceptors (Lipinski definition) is 7. The van der Waals surface area contributed by atoms with Crippen LogP contribution in [0.15, 0.2) is 64.4 Å². The van der Waals surface area contributed by atoms with E-state index in [0.717, 1.165) is 6.07 Å². The zero-order valence-corrected chi connectivity index (χ0v) is 17.9. The number of sulfone groups is 1. The molecule has 11 heteroatoms. The summed E-state index contributed by atoms with van der Waals surface area (Å²) in [5, 5.41) is 10.9. The fourth-order valence-electron chi connectivity index (χ4n) is 3.32. The standard InChI is InChI=1S/C19H23N3O6S2/c23-22(24)17-6-4-9-19(16-17)30(27,28)21-13-11-20(12-14-21)10-5-15-29(25,26)18-7-2-1-3-8-18/h1-4,6-9,16H,5,10-15H2. The van der Waals surface area contributed by atoms with Crippen molar-refractivity contribution in [2.24, 2.45) is 0 Å². The van der Waals surface area contributed by atoms with Crippen molar-refractivity contribution in [1.29, 1.82) is 0 Å². The maximum absolute atomic E-state index is 12.8. The van der Waals surface area contributed by atoms with Crippen molar-refractivity contribution in [3.63, 3.8) is 0 Å². The van der Waals surface area contributed by atoms with Crippen LogP contribution in [-0.4, -0.2) is 69.4 Å². The smallest absolute Gasteiger partial charge is 0.270 e. The Kier molecular flexibility index (Phi) is 6.86. The monoisotopic (exact) mass is 453 g/mol. The van der Waals surface area contributed by atoms with Crippen molar-refractivity contribution >= 4 is 25.5 Å². The molecule has 2 aromatic rings. The Balaban J connectivity index is 1.53. The molecule has 0 bridgehead atoms. The predicted molar refractivity (Wildman–Crippen MR) is 111 cm³/mol. The van der Waals surface area contributed by atoms with Gasteiger partial charge in [-0.05, 0) is 31.2 Å². The van der Waals surface area contributed by atoms with E-state index in [9.17, 15) is 26.9 Å². The molecule has 1 heterocycles. The van der Waals surface area contributed by atoms with Gasteiger partial charge in [-0.3, -0.25) is 10.1 Å². The van der Waals surface area contributed by atoms with Gasteiger partial charge in [0.1, 0.15) is 0 Å². The maximum Gasteiger partial charge on any atom is 0.270 e. The molecule has 0 N–H and O–H groups in total. The molecule has 3 rings (SSSR count). The van der Waals surface area contributed by atoms with Crippen LogP contribution < -0.4 is 0 Å². The molecule has 0 spiro atoms. The predicted octanol–water partition coefficient (Wildman–Crippen LogP) is 1.77. The normalized spacial score (nSPS) is 16.4. The second-order valence-electron chi connectivity index (χ2n) is 6.99. The largest absolute Gasteiger partial charge is 0.301 e. The molecule has 1 fully saturated rings. The van der Waals surface area contributed by atoms with Crippen LogP contribution in [0.2, 0.25) is 0 Å². The van der Waals surface area contributed by atoms with Crippen molar-refractivity contribution in [3.8, 4) is 0 Å². The lowest BCUT2D eigenvalue weighted by Gasteiger charge is -2.33. The topological polar surface area (TPSA) is 118 Å². The van der Waals surface area contributed by atoms with Crippen LogP contribution in [0.5, 0.6) is 0 Å². The van der Waals surface area contributed by atoms with Gasteiger partial charge in [0.15, 0.2) is 9.84 Å². The van der Waals surface area contributed by atoms with E-state index < -0.39 is 24.8 Å². The second-order valence-corrected chi connectivity index (χ2v) is 11.0. The third kappa shape index (κ3) is 5.22. The van der Waals surface area contributed by atoms with E-state index in [0.29, 0.717) is 31.0 Å². The highest BCUT2D eigenvalue weighted by molar-refractivity contribution is 7.91. The van der Waals surface area contributed by atoms with Gasteiger partial charge in [0, 0.05) is 38.3 Å². The lowest BCUT2D eigenvalue weighted by Crippen LogP contribution is -2.48. The Morgan fingerprint density at radius 3 is 2.13 bits per heavy atom. The van der Waals surface area contributed by atoms with Crippen LogP contribution in [0, 0.1) is 10.1 Å². The number of nitro benzene ring substituents is 1. The molecule has 0 radical (unpaired) electrons. The lowest BCUT2D eigenvalue weighted by molar-refractivity contribution is -0.385. The highest BCUT2D eigenvalue weighted by Crippen LogP contribution is 2.22. The SMILES string of the molecule is O=[N+]([O-])c1cccc(S(=O)(=O)N2CCN(CCCS(=O)(=O)c3ccccc3)CC2)c1. The summed E-state index contributed by atoms with van der Waals surface area (Å²) in [5.74, 6) is 0.0310. The Morgan fingerprint density at radius 2 is 1.50 bits per heavy atom. The van der Waals surface area contributed by atoms with Gasteiger partial charge in [0.05, 0.1) is 20.5 Å². The molecule has 162 valence electrons. The summed E-state index contributed by atoms with van der Waals surface area (Å²) in [5.41, 5.74) is -0.269. The number of sulfonamides is 1. The van der Waals surface area contributed by atoms with Crippen molar-refractivity contribution in [3.05, 3.63) is 64.7 Å². The summed E-state index contributed by atoms with van der Waals surface area (Å²) in [6, 6.07) is 13.3. The fourth-order valence-corrected chi connectivity index (χ4v) is 6.10. The zero-order valence-electron chi connectivity index (χ0n) is 16.3. The molecule has 1 aliphatic rings. The minimum Gasteiger partial charge on any atom is -0.301 e. The highest BCUT2D eigenvalue weighted by Gasteiger charge is 2.29. The summed E-state index contributed by atoms with van der Waals surface area (Å²) in [7, 11) is -7.15. The molecule has 0 saturated carbocycles. The molecule has 0 amide bonds.